The summed E-state index contributed by atoms with van der Waals surface area (Å²) in [6, 6.07) is -0.221. The number of rotatable bonds is 6. The lowest BCUT2D eigenvalue weighted by Crippen LogP contribution is -2.57. The number of nitrogens with one attached hydrogen (secondary N) is 3. The van der Waals surface area contributed by atoms with Crippen molar-refractivity contribution in [3.8, 4) is 0 Å². The van der Waals surface area contributed by atoms with E-state index in [0.29, 0.717) is 12.4 Å². The average molecular weight is 289 g/mol. The lowest BCUT2D eigenvalue weighted by Gasteiger charge is -2.30. The quantitative estimate of drug-likeness (QED) is 0.399. The summed E-state index contributed by atoms with van der Waals surface area (Å²) >= 11 is 5.53. The fraction of sp³-hybridized carbons (Fsp3) is 0.846. The minimum absolute atomic E-state index is 0.221. The molecule has 1 atom stereocenters. The lowest BCUT2D eigenvalue weighted by molar-refractivity contribution is 0.216. The third-order valence-electron chi connectivity index (χ3n) is 3.37. The van der Waals surface area contributed by atoms with Crippen LogP contribution in [0.25, 0.3) is 0 Å². The van der Waals surface area contributed by atoms with E-state index >= 15 is 0 Å². The fourth-order valence-corrected chi connectivity index (χ4v) is 2.02. The van der Waals surface area contributed by atoms with Gasteiger partial charge in [0.25, 0.3) is 0 Å². The van der Waals surface area contributed by atoms with Gasteiger partial charge in [0.2, 0.25) is 0 Å². The molecule has 6 heteroatoms. The van der Waals surface area contributed by atoms with Crippen LogP contribution in [0, 0.1) is 0 Å². The van der Waals surface area contributed by atoms with Crippen molar-refractivity contribution < 1.29 is 4.79 Å². The van der Waals surface area contributed by atoms with Gasteiger partial charge in [-0.1, -0.05) is 13.3 Å². The van der Waals surface area contributed by atoms with E-state index in [1.807, 2.05) is 13.8 Å². The smallest absolute Gasteiger partial charge is 0.316 e. The van der Waals surface area contributed by atoms with Crippen molar-refractivity contribution >= 4 is 23.3 Å². The van der Waals surface area contributed by atoms with Crippen molar-refractivity contribution in [3.63, 3.8) is 0 Å². The number of carbonyl (C=O) groups excluding carboxylic acids is 1. The maximum Gasteiger partial charge on any atom is 0.316 e. The Kier molecular flexibility index (Phi) is 6.99. The van der Waals surface area contributed by atoms with E-state index in [1.54, 1.807) is 0 Å². The highest BCUT2D eigenvalue weighted by molar-refractivity contribution is 6.18. The Hall–Kier alpha value is -0.970. The summed E-state index contributed by atoms with van der Waals surface area (Å²) in [4.78, 5) is 11.7. The van der Waals surface area contributed by atoms with Crippen LogP contribution in [0.1, 0.15) is 52.4 Å². The van der Waals surface area contributed by atoms with E-state index in [4.69, 9.17) is 11.6 Å². The van der Waals surface area contributed by atoms with E-state index in [1.165, 1.54) is 25.0 Å². The number of hydrogen-bond acceptors (Lipinski definition) is 3. The molecule has 0 aliphatic heterocycles. The standard InChI is InChI=1S/C13H25ClN4O/c1-3-13(2,16-12(19)15-10-9-14)18-17-11-7-5-4-6-8-11/h18H,3-10H2,1-2H3,(H2,15,16,19). The molecule has 1 rings (SSSR count). The molecule has 0 aromatic rings. The molecule has 1 saturated carbocycles. The van der Waals surface area contributed by atoms with Gasteiger partial charge in [0.05, 0.1) is 0 Å². The number of nitrogens with zero attached hydrogens (tertiary/aromatic N) is 1. The molecule has 1 aliphatic carbocycles. The molecule has 5 nitrogen and oxygen atoms in total. The molecular weight excluding hydrogens is 264 g/mol. The van der Waals surface area contributed by atoms with Crippen molar-refractivity contribution in [3.05, 3.63) is 0 Å². The van der Waals surface area contributed by atoms with Gasteiger partial charge in [-0.2, -0.15) is 5.10 Å². The summed E-state index contributed by atoms with van der Waals surface area (Å²) in [5.41, 5.74) is 3.78. The second kappa shape index (κ2) is 8.25. The first kappa shape index (κ1) is 16.1. The topological polar surface area (TPSA) is 65.5 Å². The molecule has 0 radical (unpaired) electrons. The molecular formula is C13H25ClN4O. The third kappa shape index (κ3) is 6.14. The summed E-state index contributed by atoms with van der Waals surface area (Å²) in [5.74, 6) is 0.409. The Morgan fingerprint density at radius 1 is 1.37 bits per heavy atom. The second-order valence-corrected chi connectivity index (χ2v) is 5.48. The number of urea groups is 1. The predicted molar refractivity (Wildman–Crippen MR) is 79.6 cm³/mol. The zero-order valence-electron chi connectivity index (χ0n) is 11.9. The van der Waals surface area contributed by atoms with Crippen LogP contribution in [0.15, 0.2) is 5.10 Å². The summed E-state index contributed by atoms with van der Waals surface area (Å²) in [7, 11) is 0. The van der Waals surface area contributed by atoms with E-state index in [9.17, 15) is 4.79 Å². The van der Waals surface area contributed by atoms with Gasteiger partial charge >= 0.3 is 6.03 Å². The van der Waals surface area contributed by atoms with Gasteiger partial charge in [-0.25, -0.2) is 4.79 Å². The fourth-order valence-electron chi connectivity index (χ4n) is 1.93. The number of hydrogen-bond donors (Lipinski definition) is 3. The van der Waals surface area contributed by atoms with Crippen molar-refractivity contribution in [1.29, 1.82) is 0 Å². The van der Waals surface area contributed by atoms with Gasteiger partial charge in [0, 0.05) is 18.1 Å². The Labute approximate surface area is 120 Å². The van der Waals surface area contributed by atoms with Crippen LogP contribution >= 0.6 is 11.6 Å². The van der Waals surface area contributed by atoms with Gasteiger partial charge in [-0.15, -0.1) is 11.6 Å². The van der Waals surface area contributed by atoms with Gasteiger partial charge < -0.3 is 10.6 Å². The highest BCUT2D eigenvalue weighted by Crippen LogP contribution is 2.15. The highest BCUT2D eigenvalue weighted by atomic mass is 35.5. The van der Waals surface area contributed by atoms with E-state index in [0.717, 1.165) is 19.3 Å². The number of halogens is 1. The van der Waals surface area contributed by atoms with Crippen LogP contribution in [0.3, 0.4) is 0 Å². The molecule has 0 heterocycles. The monoisotopic (exact) mass is 288 g/mol. The Morgan fingerprint density at radius 3 is 2.63 bits per heavy atom. The minimum atomic E-state index is -0.527. The van der Waals surface area contributed by atoms with Crippen LogP contribution in [-0.4, -0.2) is 29.8 Å². The second-order valence-electron chi connectivity index (χ2n) is 5.11. The number of amides is 2. The minimum Gasteiger partial charge on any atom is -0.337 e. The van der Waals surface area contributed by atoms with Crippen LogP contribution in [-0.2, 0) is 0 Å². The molecule has 0 aromatic heterocycles. The molecule has 0 bridgehead atoms. The van der Waals surface area contributed by atoms with E-state index in [-0.39, 0.29) is 6.03 Å². The van der Waals surface area contributed by atoms with Crippen LogP contribution in [0.4, 0.5) is 4.79 Å². The first-order valence-corrected chi connectivity index (χ1v) is 7.57. The van der Waals surface area contributed by atoms with E-state index in [2.05, 4.69) is 21.2 Å². The first-order valence-electron chi connectivity index (χ1n) is 7.04. The third-order valence-corrected chi connectivity index (χ3v) is 3.56. The van der Waals surface area contributed by atoms with Gasteiger partial charge in [0.1, 0.15) is 5.66 Å². The van der Waals surface area contributed by atoms with Crippen LogP contribution < -0.4 is 16.1 Å². The predicted octanol–water partition coefficient (Wildman–Crippen LogP) is 2.56. The normalized spacial score (nSPS) is 18.4. The van der Waals surface area contributed by atoms with Crippen molar-refractivity contribution in [2.24, 2.45) is 5.10 Å². The summed E-state index contributed by atoms with van der Waals surface area (Å²) in [5, 5.41) is 10.0. The zero-order chi connectivity index (χ0) is 14.1. The Morgan fingerprint density at radius 2 is 2.05 bits per heavy atom. The first-order chi connectivity index (χ1) is 9.09. The summed E-state index contributed by atoms with van der Waals surface area (Å²) < 4.78 is 0. The largest absolute Gasteiger partial charge is 0.337 e. The molecule has 19 heavy (non-hydrogen) atoms. The van der Waals surface area contributed by atoms with Crippen LogP contribution in [0.2, 0.25) is 0 Å². The maximum absolute atomic E-state index is 11.7. The summed E-state index contributed by atoms with van der Waals surface area (Å²) in [6.45, 7) is 4.40. The molecule has 0 spiro atoms. The molecule has 110 valence electrons. The highest BCUT2D eigenvalue weighted by Gasteiger charge is 2.23. The number of hydrazone groups is 1. The molecule has 3 N–H and O–H groups in total. The number of carbonyl (C=O) groups is 1. The number of alkyl halides is 1. The van der Waals surface area contributed by atoms with Gasteiger partial charge in [0.15, 0.2) is 0 Å². The SMILES string of the molecule is CCC(C)(NN=C1CCCCC1)NC(=O)NCCCl. The summed E-state index contributed by atoms with van der Waals surface area (Å²) in [6.07, 6.45) is 6.59. The lowest BCUT2D eigenvalue weighted by atomic mass is 9.99. The van der Waals surface area contributed by atoms with Crippen molar-refractivity contribution in [1.82, 2.24) is 16.1 Å². The average Bonchev–Trinajstić information content (AvgIpc) is 2.44. The zero-order valence-corrected chi connectivity index (χ0v) is 12.6. The maximum atomic E-state index is 11.7. The van der Waals surface area contributed by atoms with Crippen LogP contribution in [0.5, 0.6) is 0 Å². The van der Waals surface area contributed by atoms with Crippen molar-refractivity contribution in [2.45, 2.75) is 58.0 Å². The Balaban J connectivity index is 2.46. The van der Waals surface area contributed by atoms with Gasteiger partial charge in [-0.3, -0.25) is 5.43 Å². The molecule has 1 unspecified atom stereocenters. The molecule has 0 aromatic carbocycles. The van der Waals surface area contributed by atoms with Gasteiger partial charge in [-0.05, 0) is 39.0 Å². The molecule has 2 amide bonds. The molecule has 0 saturated heterocycles. The molecule has 1 fully saturated rings. The molecule has 1 aliphatic rings. The Bertz CT molecular complexity index is 314. The van der Waals surface area contributed by atoms with Crippen molar-refractivity contribution in [2.75, 3.05) is 12.4 Å². The van der Waals surface area contributed by atoms with E-state index < -0.39 is 5.66 Å².